The highest BCUT2D eigenvalue weighted by Crippen LogP contribution is 2.70. The van der Waals surface area contributed by atoms with Crippen molar-refractivity contribution in [3.63, 3.8) is 0 Å². The molecule has 118 valence electrons. The molecular formula is C19H30O2. The van der Waals surface area contributed by atoms with E-state index in [-0.39, 0.29) is 6.29 Å². The lowest BCUT2D eigenvalue weighted by Crippen LogP contribution is -2.40. The minimum Gasteiger partial charge on any atom is -0.353 e. The first-order valence-corrected chi connectivity index (χ1v) is 9.04. The molecule has 0 aliphatic heterocycles. The molecule has 8 atom stereocenters. The SMILES string of the molecule is CCCOC(C)OCC1(C)CC2CC1C1C3C=CC(C3)C21. The van der Waals surface area contributed by atoms with Crippen LogP contribution in [0.4, 0.5) is 0 Å². The molecule has 0 aromatic heterocycles. The van der Waals surface area contributed by atoms with Crippen LogP contribution in [0.25, 0.3) is 0 Å². The summed E-state index contributed by atoms with van der Waals surface area (Å²) in [4.78, 5) is 0. The van der Waals surface area contributed by atoms with Gasteiger partial charge in [0.25, 0.3) is 0 Å². The highest BCUT2D eigenvalue weighted by atomic mass is 16.7. The highest BCUT2D eigenvalue weighted by molar-refractivity contribution is 5.22. The van der Waals surface area contributed by atoms with Crippen molar-refractivity contribution in [3.05, 3.63) is 12.2 Å². The Hall–Kier alpha value is -0.340. The molecule has 0 aromatic carbocycles. The summed E-state index contributed by atoms with van der Waals surface area (Å²) in [7, 11) is 0. The van der Waals surface area contributed by atoms with Gasteiger partial charge >= 0.3 is 0 Å². The molecule has 3 fully saturated rings. The van der Waals surface area contributed by atoms with Crippen LogP contribution < -0.4 is 0 Å². The van der Waals surface area contributed by atoms with Crippen LogP contribution >= 0.6 is 0 Å². The van der Waals surface area contributed by atoms with Gasteiger partial charge in [-0.15, -0.1) is 0 Å². The summed E-state index contributed by atoms with van der Waals surface area (Å²) in [5.41, 5.74) is 0.397. The third-order valence-electron chi connectivity index (χ3n) is 6.98. The Kier molecular flexibility index (Phi) is 3.46. The lowest BCUT2D eigenvalue weighted by Gasteiger charge is -2.43. The number of hydrogen-bond acceptors (Lipinski definition) is 2. The van der Waals surface area contributed by atoms with Crippen LogP contribution in [-0.2, 0) is 9.47 Å². The van der Waals surface area contributed by atoms with Gasteiger partial charge in [-0.25, -0.2) is 0 Å². The molecule has 4 aliphatic rings. The van der Waals surface area contributed by atoms with Crippen molar-refractivity contribution >= 4 is 0 Å². The highest BCUT2D eigenvalue weighted by Gasteiger charge is 2.64. The summed E-state index contributed by atoms with van der Waals surface area (Å²) in [6.45, 7) is 8.38. The van der Waals surface area contributed by atoms with E-state index in [0.717, 1.165) is 55.1 Å². The normalized spacial score (nSPS) is 50.8. The molecule has 2 nitrogen and oxygen atoms in total. The number of hydrogen-bond donors (Lipinski definition) is 0. The molecule has 3 saturated carbocycles. The zero-order valence-electron chi connectivity index (χ0n) is 13.8. The first-order valence-electron chi connectivity index (χ1n) is 9.04. The molecule has 0 aromatic rings. The summed E-state index contributed by atoms with van der Waals surface area (Å²) in [6, 6.07) is 0. The van der Waals surface area contributed by atoms with Crippen molar-refractivity contribution in [2.45, 2.75) is 52.7 Å². The van der Waals surface area contributed by atoms with E-state index in [9.17, 15) is 0 Å². The molecule has 21 heavy (non-hydrogen) atoms. The number of ether oxygens (including phenoxy) is 2. The van der Waals surface area contributed by atoms with E-state index in [1.54, 1.807) is 0 Å². The predicted octanol–water partition coefficient (Wildman–Crippen LogP) is 4.26. The maximum Gasteiger partial charge on any atom is 0.154 e. The zero-order valence-corrected chi connectivity index (χ0v) is 13.8. The first kappa shape index (κ1) is 14.3. The molecular weight excluding hydrogens is 260 g/mol. The molecule has 4 rings (SSSR count). The smallest absolute Gasteiger partial charge is 0.154 e. The Bertz CT molecular complexity index is 431. The van der Waals surface area contributed by atoms with Gasteiger partial charge in [-0.2, -0.15) is 0 Å². The van der Waals surface area contributed by atoms with Crippen molar-refractivity contribution in [2.75, 3.05) is 13.2 Å². The fourth-order valence-electron chi connectivity index (χ4n) is 6.29. The standard InChI is InChI=1S/C19H30O2/c1-4-7-20-12(2)21-11-19(3)10-15-9-16(19)18-14-6-5-13(8-14)17(15)18/h5-6,12-18H,4,7-11H2,1-3H3. The fraction of sp³-hybridized carbons (Fsp3) is 0.895. The summed E-state index contributed by atoms with van der Waals surface area (Å²) in [5.74, 6) is 5.67. The van der Waals surface area contributed by atoms with Crippen LogP contribution in [0.15, 0.2) is 12.2 Å². The quantitative estimate of drug-likeness (QED) is 0.413. The number of fused-ring (bicyclic) bond motifs is 9. The van der Waals surface area contributed by atoms with Crippen molar-refractivity contribution < 1.29 is 9.47 Å². The molecule has 0 amide bonds. The average molecular weight is 290 g/mol. The van der Waals surface area contributed by atoms with E-state index >= 15 is 0 Å². The van der Waals surface area contributed by atoms with E-state index in [4.69, 9.17) is 9.47 Å². The van der Waals surface area contributed by atoms with Gasteiger partial charge in [0.05, 0.1) is 6.61 Å². The summed E-state index contributed by atoms with van der Waals surface area (Å²) in [6.07, 6.45) is 10.4. The van der Waals surface area contributed by atoms with E-state index in [0.29, 0.717) is 5.41 Å². The summed E-state index contributed by atoms with van der Waals surface area (Å²) < 4.78 is 11.8. The Morgan fingerprint density at radius 1 is 1.14 bits per heavy atom. The van der Waals surface area contributed by atoms with Gasteiger partial charge in [-0.05, 0) is 73.5 Å². The zero-order chi connectivity index (χ0) is 14.6. The lowest BCUT2D eigenvalue weighted by molar-refractivity contribution is -0.159. The third kappa shape index (κ3) is 2.13. The minimum absolute atomic E-state index is 0.0448. The number of rotatable bonds is 6. The van der Waals surface area contributed by atoms with Gasteiger partial charge in [-0.1, -0.05) is 26.0 Å². The van der Waals surface area contributed by atoms with Crippen molar-refractivity contribution in [1.29, 1.82) is 0 Å². The fourth-order valence-corrected chi connectivity index (χ4v) is 6.29. The van der Waals surface area contributed by atoms with Gasteiger partial charge < -0.3 is 9.47 Å². The second kappa shape index (κ2) is 5.09. The molecule has 0 heterocycles. The van der Waals surface area contributed by atoms with Crippen LogP contribution in [0.2, 0.25) is 0 Å². The average Bonchev–Trinajstić information content (AvgIpc) is 3.20. The Balaban J connectivity index is 1.40. The Morgan fingerprint density at radius 2 is 1.90 bits per heavy atom. The summed E-state index contributed by atoms with van der Waals surface area (Å²) in [5, 5.41) is 0. The topological polar surface area (TPSA) is 18.5 Å². The minimum atomic E-state index is -0.0448. The molecule has 0 spiro atoms. The van der Waals surface area contributed by atoms with E-state index < -0.39 is 0 Å². The Labute approximate surface area is 129 Å². The first-order chi connectivity index (χ1) is 10.1. The molecule has 4 bridgehead atoms. The van der Waals surface area contributed by atoms with Crippen LogP contribution in [0.5, 0.6) is 0 Å². The molecule has 8 unspecified atom stereocenters. The molecule has 0 N–H and O–H groups in total. The van der Waals surface area contributed by atoms with E-state index in [2.05, 4.69) is 32.9 Å². The van der Waals surface area contributed by atoms with Crippen LogP contribution in [0.3, 0.4) is 0 Å². The second-order valence-electron chi connectivity index (χ2n) is 8.31. The van der Waals surface area contributed by atoms with Crippen LogP contribution in [-0.4, -0.2) is 19.5 Å². The van der Waals surface area contributed by atoms with Gasteiger partial charge in [0.15, 0.2) is 6.29 Å². The Morgan fingerprint density at radius 3 is 2.67 bits per heavy atom. The monoisotopic (exact) mass is 290 g/mol. The molecule has 4 aliphatic carbocycles. The molecule has 0 radical (unpaired) electrons. The maximum absolute atomic E-state index is 6.07. The largest absolute Gasteiger partial charge is 0.353 e. The van der Waals surface area contributed by atoms with Gasteiger partial charge in [-0.3, -0.25) is 0 Å². The molecule has 2 heteroatoms. The summed E-state index contributed by atoms with van der Waals surface area (Å²) >= 11 is 0. The van der Waals surface area contributed by atoms with E-state index in [1.807, 2.05) is 0 Å². The van der Waals surface area contributed by atoms with Crippen molar-refractivity contribution in [3.8, 4) is 0 Å². The maximum atomic E-state index is 6.07. The lowest BCUT2D eigenvalue weighted by atomic mass is 9.63. The number of allylic oxidation sites excluding steroid dienone is 2. The van der Waals surface area contributed by atoms with Gasteiger partial charge in [0.1, 0.15) is 0 Å². The molecule has 0 saturated heterocycles. The van der Waals surface area contributed by atoms with Crippen molar-refractivity contribution in [2.24, 2.45) is 40.9 Å². The van der Waals surface area contributed by atoms with Gasteiger partial charge in [0, 0.05) is 6.61 Å². The van der Waals surface area contributed by atoms with Crippen molar-refractivity contribution in [1.82, 2.24) is 0 Å². The van der Waals surface area contributed by atoms with Crippen LogP contribution in [0, 0.1) is 40.9 Å². The van der Waals surface area contributed by atoms with E-state index in [1.165, 1.54) is 19.3 Å². The third-order valence-corrected chi connectivity index (χ3v) is 6.98. The van der Waals surface area contributed by atoms with Crippen LogP contribution in [0.1, 0.15) is 46.5 Å². The van der Waals surface area contributed by atoms with Gasteiger partial charge in [0.2, 0.25) is 0 Å². The predicted molar refractivity (Wildman–Crippen MR) is 83.7 cm³/mol. The second-order valence-corrected chi connectivity index (χ2v) is 8.31.